The molecule has 0 nitrogen and oxygen atoms in total. The lowest BCUT2D eigenvalue weighted by molar-refractivity contribution is -0.0393. The largest absolute Gasteiger partial charge is 0.0622 e. The zero-order chi connectivity index (χ0) is 34.0. The molecule has 0 aromatic heterocycles. The van der Waals surface area contributed by atoms with Crippen LogP contribution in [0.2, 0.25) is 0 Å². The Labute approximate surface area is 305 Å². The van der Waals surface area contributed by atoms with Crippen molar-refractivity contribution in [3.05, 3.63) is 169 Å². The molecule has 0 unspecified atom stereocenters. The van der Waals surface area contributed by atoms with Crippen LogP contribution in [-0.2, 0) is 5.41 Å². The van der Waals surface area contributed by atoms with E-state index < -0.39 is 0 Å². The molecule has 1 spiro atoms. The average Bonchev–Trinajstić information content (AvgIpc) is 3.51. The van der Waals surface area contributed by atoms with E-state index in [2.05, 4.69) is 158 Å². The number of hydrogen-bond donors (Lipinski definition) is 0. The maximum Gasteiger partial charge on any atom is 0.0278 e. The number of benzene rings is 8. The molecule has 0 heteroatoms. The first-order chi connectivity index (χ1) is 25.8. The molecule has 4 bridgehead atoms. The van der Waals surface area contributed by atoms with Crippen molar-refractivity contribution in [2.75, 3.05) is 0 Å². The molecule has 13 rings (SSSR count). The molecule has 248 valence electrons. The fraction of sp³-hybridized carbons (Fsp3) is 0.192. The number of rotatable bonds is 3. The van der Waals surface area contributed by atoms with E-state index in [1.54, 1.807) is 11.1 Å². The fourth-order valence-corrected chi connectivity index (χ4v) is 12.5. The van der Waals surface area contributed by atoms with Gasteiger partial charge in [0.25, 0.3) is 0 Å². The third kappa shape index (κ3) is 3.78. The number of hydrogen-bond acceptors (Lipinski definition) is 0. The summed E-state index contributed by atoms with van der Waals surface area (Å²) >= 11 is 0. The smallest absolute Gasteiger partial charge is 0.0278 e. The van der Waals surface area contributed by atoms with Gasteiger partial charge in [0.05, 0.1) is 0 Å². The van der Waals surface area contributed by atoms with Crippen molar-refractivity contribution < 1.29 is 0 Å². The average molecular weight is 665 g/mol. The molecule has 0 radical (unpaired) electrons. The molecule has 0 heterocycles. The van der Waals surface area contributed by atoms with Gasteiger partial charge in [0.15, 0.2) is 0 Å². The summed E-state index contributed by atoms with van der Waals surface area (Å²) in [5, 5.41) is 8.18. The summed E-state index contributed by atoms with van der Waals surface area (Å²) < 4.78 is 0. The van der Waals surface area contributed by atoms with E-state index >= 15 is 0 Å². The van der Waals surface area contributed by atoms with Gasteiger partial charge in [-0.2, -0.15) is 0 Å². The van der Waals surface area contributed by atoms with Crippen LogP contribution in [-0.4, -0.2) is 0 Å². The highest BCUT2D eigenvalue weighted by atomic mass is 14.6. The summed E-state index contributed by atoms with van der Waals surface area (Å²) in [6.07, 6.45) is 7.03. The fourth-order valence-electron chi connectivity index (χ4n) is 12.5. The molecule has 4 fully saturated rings. The molecule has 5 aliphatic carbocycles. The monoisotopic (exact) mass is 664 g/mol. The Kier molecular flexibility index (Phi) is 6.04. The molecule has 0 aliphatic heterocycles. The predicted octanol–water partition coefficient (Wildman–Crippen LogP) is 13.9. The Hall–Kier alpha value is -5.46. The van der Waals surface area contributed by atoms with Crippen molar-refractivity contribution >= 4 is 32.3 Å². The minimum Gasteiger partial charge on any atom is -0.0622 e. The second-order valence-corrected chi connectivity index (χ2v) is 16.4. The molecule has 52 heavy (non-hydrogen) atoms. The standard InChI is InChI=1S/C52H40/c1-2-13-34(14-3-1)38-16-6-7-18-40(38)48-41-19-8-10-21-43(41)49(44-22-11-9-20-42(44)48)45-23-12-24-47-50(45)46-26-25-35-15-4-5-17-39(35)51(46)52(47)36-28-32-27-33(30-36)31-37(52)29-32/h1-26,32-33,36-37H,27-31H2. The summed E-state index contributed by atoms with van der Waals surface area (Å²) in [6.45, 7) is 0. The summed E-state index contributed by atoms with van der Waals surface area (Å²) in [5.74, 6) is 3.27. The predicted molar refractivity (Wildman–Crippen MR) is 219 cm³/mol. The molecular weight excluding hydrogens is 625 g/mol. The van der Waals surface area contributed by atoms with Gasteiger partial charge in [-0.25, -0.2) is 0 Å². The van der Waals surface area contributed by atoms with Gasteiger partial charge in [0, 0.05) is 5.41 Å². The molecular formula is C52H40. The summed E-state index contributed by atoms with van der Waals surface area (Å²) in [7, 11) is 0. The van der Waals surface area contributed by atoms with Crippen LogP contribution in [0.15, 0.2) is 158 Å². The lowest BCUT2D eigenvalue weighted by Crippen LogP contribution is -2.55. The van der Waals surface area contributed by atoms with Crippen LogP contribution in [0.1, 0.15) is 43.2 Å². The third-order valence-electron chi connectivity index (χ3n) is 14.0. The van der Waals surface area contributed by atoms with E-state index in [0.29, 0.717) is 0 Å². The van der Waals surface area contributed by atoms with Gasteiger partial charge in [-0.15, -0.1) is 0 Å². The first kappa shape index (κ1) is 29.2. The van der Waals surface area contributed by atoms with Gasteiger partial charge in [-0.05, 0) is 144 Å². The zero-order valence-electron chi connectivity index (χ0n) is 29.4. The summed E-state index contributed by atoms with van der Waals surface area (Å²) in [6, 6.07) is 60.0. The highest BCUT2D eigenvalue weighted by Crippen LogP contribution is 2.71. The normalized spacial score (nSPS) is 23.8. The molecule has 0 amide bonds. The molecule has 0 N–H and O–H groups in total. The summed E-state index contributed by atoms with van der Waals surface area (Å²) in [4.78, 5) is 0. The second-order valence-electron chi connectivity index (χ2n) is 16.4. The van der Waals surface area contributed by atoms with Crippen molar-refractivity contribution in [2.45, 2.75) is 37.5 Å². The van der Waals surface area contributed by atoms with E-state index in [0.717, 1.165) is 23.7 Å². The maximum atomic E-state index is 2.56. The summed E-state index contributed by atoms with van der Waals surface area (Å²) in [5.41, 5.74) is 14.3. The van der Waals surface area contributed by atoms with E-state index in [-0.39, 0.29) is 5.41 Å². The minimum absolute atomic E-state index is 0.0924. The Morgan fingerprint density at radius 3 is 1.52 bits per heavy atom. The third-order valence-corrected chi connectivity index (χ3v) is 14.0. The Morgan fingerprint density at radius 2 is 0.865 bits per heavy atom. The second kappa shape index (κ2) is 10.8. The highest BCUT2D eigenvalue weighted by Gasteiger charge is 2.62. The quantitative estimate of drug-likeness (QED) is 0.165. The molecule has 0 saturated heterocycles. The van der Waals surface area contributed by atoms with E-state index in [1.807, 2.05) is 0 Å². The van der Waals surface area contributed by atoms with Gasteiger partial charge in [-0.3, -0.25) is 0 Å². The van der Waals surface area contributed by atoms with Crippen LogP contribution in [0.3, 0.4) is 0 Å². The van der Waals surface area contributed by atoms with Crippen molar-refractivity contribution in [1.29, 1.82) is 0 Å². The van der Waals surface area contributed by atoms with Crippen LogP contribution in [0.25, 0.3) is 76.8 Å². The van der Waals surface area contributed by atoms with E-state index in [4.69, 9.17) is 0 Å². The van der Waals surface area contributed by atoms with Crippen molar-refractivity contribution in [3.63, 3.8) is 0 Å². The van der Waals surface area contributed by atoms with Crippen molar-refractivity contribution in [3.8, 4) is 44.5 Å². The molecule has 5 aliphatic rings. The van der Waals surface area contributed by atoms with Crippen LogP contribution in [0.4, 0.5) is 0 Å². The van der Waals surface area contributed by atoms with Crippen LogP contribution >= 0.6 is 0 Å². The maximum absolute atomic E-state index is 2.56. The first-order valence-electron chi connectivity index (χ1n) is 19.5. The van der Waals surface area contributed by atoms with Crippen molar-refractivity contribution in [1.82, 2.24) is 0 Å². The van der Waals surface area contributed by atoms with Gasteiger partial charge in [0.2, 0.25) is 0 Å². The number of fused-ring (bicyclic) bond motifs is 7. The zero-order valence-corrected chi connectivity index (χ0v) is 29.4. The Balaban J connectivity index is 1.20. The first-order valence-corrected chi connectivity index (χ1v) is 19.5. The molecule has 8 aromatic rings. The minimum atomic E-state index is 0.0924. The molecule has 8 aromatic carbocycles. The Bertz CT molecular complexity index is 2660. The van der Waals surface area contributed by atoms with E-state index in [1.165, 1.54) is 109 Å². The van der Waals surface area contributed by atoms with Crippen LogP contribution < -0.4 is 0 Å². The van der Waals surface area contributed by atoms with Crippen LogP contribution in [0, 0.1) is 23.7 Å². The highest BCUT2D eigenvalue weighted by molar-refractivity contribution is 6.24. The van der Waals surface area contributed by atoms with Gasteiger partial charge >= 0.3 is 0 Å². The van der Waals surface area contributed by atoms with Gasteiger partial charge < -0.3 is 0 Å². The van der Waals surface area contributed by atoms with Crippen LogP contribution in [0.5, 0.6) is 0 Å². The molecule has 4 saturated carbocycles. The van der Waals surface area contributed by atoms with Gasteiger partial charge in [0.1, 0.15) is 0 Å². The Morgan fingerprint density at radius 1 is 0.346 bits per heavy atom. The topological polar surface area (TPSA) is 0 Å². The van der Waals surface area contributed by atoms with Crippen molar-refractivity contribution in [2.24, 2.45) is 23.7 Å². The molecule has 0 atom stereocenters. The lowest BCUT2D eigenvalue weighted by Gasteiger charge is -2.61. The SMILES string of the molecule is c1ccc(-c2ccccc2-c2c3ccccc3c(-c3cccc4c3-c3ccc5ccccc5c3C43C4CC5CC(C4)CC3C5)c3ccccc23)cc1. The van der Waals surface area contributed by atoms with E-state index in [9.17, 15) is 0 Å². The van der Waals surface area contributed by atoms with Gasteiger partial charge in [-0.1, -0.05) is 158 Å². The lowest BCUT2D eigenvalue weighted by atomic mass is 9.43.